The zero-order valence-electron chi connectivity index (χ0n) is 15.0. The minimum Gasteiger partial charge on any atom is -0.495 e. The summed E-state index contributed by atoms with van der Waals surface area (Å²) in [4.78, 5) is 2.41. The van der Waals surface area contributed by atoms with Crippen LogP contribution in [0.4, 0.5) is 5.69 Å². The largest absolute Gasteiger partial charge is 0.495 e. The molecule has 0 saturated carbocycles. The van der Waals surface area contributed by atoms with E-state index < -0.39 is 10.0 Å². The standard InChI is InChI=1S/C19H24N2O4S/c1-24-17-8-4-3-7-16(17)21-12-11-15(14-21)13-20-26(22,23)19-10-6-5-9-18(19)25-2/h3-10,15,20H,11-14H2,1-2H3. The van der Waals surface area contributed by atoms with Gasteiger partial charge in [0, 0.05) is 19.6 Å². The third-order valence-electron chi connectivity index (χ3n) is 4.63. The monoisotopic (exact) mass is 376 g/mol. The molecular weight excluding hydrogens is 352 g/mol. The van der Waals surface area contributed by atoms with Gasteiger partial charge >= 0.3 is 0 Å². The van der Waals surface area contributed by atoms with Gasteiger partial charge in [0.05, 0.1) is 19.9 Å². The van der Waals surface area contributed by atoms with Gasteiger partial charge < -0.3 is 14.4 Å². The lowest BCUT2D eigenvalue weighted by atomic mass is 10.1. The van der Waals surface area contributed by atoms with Crippen LogP contribution in [0.15, 0.2) is 53.4 Å². The minimum absolute atomic E-state index is 0.169. The summed E-state index contributed by atoms with van der Waals surface area (Å²) in [5, 5.41) is 0. The topological polar surface area (TPSA) is 67.9 Å². The molecule has 1 heterocycles. The highest BCUT2D eigenvalue weighted by molar-refractivity contribution is 7.89. The fourth-order valence-corrected chi connectivity index (χ4v) is 4.54. The number of hydrogen-bond donors (Lipinski definition) is 1. The molecule has 1 saturated heterocycles. The number of para-hydroxylation sites is 3. The van der Waals surface area contributed by atoms with Crippen molar-refractivity contribution in [1.82, 2.24) is 4.72 Å². The van der Waals surface area contributed by atoms with E-state index in [0.717, 1.165) is 30.9 Å². The molecule has 1 aliphatic heterocycles. The van der Waals surface area contributed by atoms with Gasteiger partial charge in [-0.15, -0.1) is 0 Å². The van der Waals surface area contributed by atoms with Gasteiger partial charge in [0.15, 0.2) is 0 Å². The number of benzene rings is 2. The first-order valence-electron chi connectivity index (χ1n) is 8.56. The van der Waals surface area contributed by atoms with E-state index in [2.05, 4.69) is 9.62 Å². The van der Waals surface area contributed by atoms with Gasteiger partial charge in [-0.3, -0.25) is 0 Å². The zero-order chi connectivity index (χ0) is 18.6. The number of hydrogen-bond acceptors (Lipinski definition) is 5. The first kappa shape index (κ1) is 18.5. The van der Waals surface area contributed by atoms with E-state index in [0.29, 0.717) is 12.3 Å². The van der Waals surface area contributed by atoms with Crippen LogP contribution in [0.3, 0.4) is 0 Å². The molecule has 0 aliphatic carbocycles. The van der Waals surface area contributed by atoms with Crippen molar-refractivity contribution in [2.45, 2.75) is 11.3 Å². The van der Waals surface area contributed by atoms with Crippen LogP contribution >= 0.6 is 0 Å². The van der Waals surface area contributed by atoms with E-state index in [-0.39, 0.29) is 10.8 Å². The number of sulfonamides is 1. The Balaban J connectivity index is 1.64. The number of anilines is 1. The first-order valence-corrected chi connectivity index (χ1v) is 10.0. The Bertz CT molecular complexity index is 854. The molecule has 0 bridgehead atoms. The lowest BCUT2D eigenvalue weighted by Crippen LogP contribution is -2.31. The molecule has 1 N–H and O–H groups in total. The molecule has 0 amide bonds. The Morgan fingerprint density at radius 2 is 1.69 bits per heavy atom. The molecule has 0 radical (unpaired) electrons. The average Bonchev–Trinajstić information content (AvgIpc) is 3.15. The maximum absolute atomic E-state index is 12.6. The van der Waals surface area contributed by atoms with Gasteiger partial charge in [-0.25, -0.2) is 13.1 Å². The molecule has 140 valence electrons. The molecule has 26 heavy (non-hydrogen) atoms. The van der Waals surface area contributed by atoms with Gasteiger partial charge in [0.1, 0.15) is 16.4 Å². The molecule has 2 aromatic carbocycles. The number of methoxy groups -OCH3 is 2. The molecule has 1 aliphatic rings. The summed E-state index contributed by atoms with van der Waals surface area (Å²) in [6.45, 7) is 2.06. The zero-order valence-corrected chi connectivity index (χ0v) is 15.8. The maximum atomic E-state index is 12.6. The Morgan fingerprint density at radius 3 is 2.42 bits per heavy atom. The van der Waals surface area contributed by atoms with Crippen LogP contribution in [0.25, 0.3) is 0 Å². The second-order valence-corrected chi connectivity index (χ2v) is 8.01. The van der Waals surface area contributed by atoms with Gasteiger partial charge in [0.2, 0.25) is 10.0 Å². The molecule has 0 aromatic heterocycles. The van der Waals surface area contributed by atoms with Crippen molar-refractivity contribution in [2.75, 3.05) is 38.8 Å². The van der Waals surface area contributed by atoms with Crippen molar-refractivity contribution in [3.8, 4) is 11.5 Å². The smallest absolute Gasteiger partial charge is 0.244 e. The Hall–Kier alpha value is -2.25. The normalized spacial score (nSPS) is 17.3. The third kappa shape index (κ3) is 3.94. The molecular formula is C19H24N2O4S. The Labute approximate surface area is 154 Å². The van der Waals surface area contributed by atoms with Gasteiger partial charge in [0.25, 0.3) is 0 Å². The summed E-state index contributed by atoms with van der Waals surface area (Å²) in [5.41, 5.74) is 1.05. The summed E-state index contributed by atoms with van der Waals surface area (Å²) in [6, 6.07) is 14.5. The van der Waals surface area contributed by atoms with Crippen molar-refractivity contribution < 1.29 is 17.9 Å². The fraction of sp³-hybridized carbons (Fsp3) is 0.368. The van der Waals surface area contributed by atoms with Crippen LogP contribution in [0.1, 0.15) is 6.42 Å². The predicted molar refractivity (Wildman–Crippen MR) is 101 cm³/mol. The first-order chi connectivity index (χ1) is 12.5. The van der Waals surface area contributed by atoms with E-state index in [9.17, 15) is 8.42 Å². The third-order valence-corrected chi connectivity index (χ3v) is 6.10. The van der Waals surface area contributed by atoms with Crippen molar-refractivity contribution in [3.05, 3.63) is 48.5 Å². The number of rotatable bonds is 7. The van der Waals surface area contributed by atoms with E-state index >= 15 is 0 Å². The molecule has 1 fully saturated rings. The Kier molecular flexibility index (Phi) is 5.68. The molecule has 6 nitrogen and oxygen atoms in total. The van der Waals surface area contributed by atoms with Crippen molar-refractivity contribution in [3.63, 3.8) is 0 Å². The van der Waals surface area contributed by atoms with Crippen molar-refractivity contribution in [1.29, 1.82) is 0 Å². The van der Waals surface area contributed by atoms with Crippen LogP contribution in [0, 0.1) is 5.92 Å². The highest BCUT2D eigenvalue weighted by atomic mass is 32.2. The van der Waals surface area contributed by atoms with Gasteiger partial charge in [-0.05, 0) is 36.6 Å². The van der Waals surface area contributed by atoms with Gasteiger partial charge in [-0.1, -0.05) is 24.3 Å². The van der Waals surface area contributed by atoms with E-state index in [1.54, 1.807) is 31.4 Å². The lowest BCUT2D eigenvalue weighted by molar-refractivity contribution is 0.402. The summed E-state index contributed by atoms with van der Waals surface area (Å²) >= 11 is 0. The molecule has 1 unspecified atom stereocenters. The molecule has 0 spiro atoms. The number of ether oxygens (including phenoxy) is 2. The number of nitrogens with zero attached hydrogens (tertiary/aromatic N) is 1. The molecule has 3 rings (SSSR count). The van der Waals surface area contributed by atoms with Crippen LogP contribution in [0.5, 0.6) is 11.5 Å². The minimum atomic E-state index is -3.60. The van der Waals surface area contributed by atoms with Crippen LogP contribution in [-0.4, -0.2) is 42.3 Å². The van der Waals surface area contributed by atoms with Crippen molar-refractivity contribution >= 4 is 15.7 Å². The summed E-state index contributed by atoms with van der Waals surface area (Å²) in [6.07, 6.45) is 0.923. The van der Waals surface area contributed by atoms with Crippen LogP contribution in [0.2, 0.25) is 0 Å². The quantitative estimate of drug-likeness (QED) is 0.804. The fourth-order valence-electron chi connectivity index (χ4n) is 3.26. The van der Waals surface area contributed by atoms with E-state index in [1.807, 2.05) is 24.3 Å². The summed E-state index contributed by atoms with van der Waals surface area (Å²) < 4.78 is 38.5. The average molecular weight is 376 g/mol. The molecule has 1 atom stereocenters. The second kappa shape index (κ2) is 7.97. The summed E-state index contributed by atoms with van der Waals surface area (Å²) in [5.74, 6) is 1.43. The van der Waals surface area contributed by atoms with E-state index in [4.69, 9.17) is 9.47 Å². The maximum Gasteiger partial charge on any atom is 0.244 e. The van der Waals surface area contributed by atoms with Crippen LogP contribution in [-0.2, 0) is 10.0 Å². The van der Waals surface area contributed by atoms with Crippen LogP contribution < -0.4 is 19.1 Å². The lowest BCUT2D eigenvalue weighted by Gasteiger charge is -2.21. The van der Waals surface area contributed by atoms with E-state index in [1.165, 1.54) is 7.11 Å². The SMILES string of the molecule is COc1ccccc1N1CCC(CNS(=O)(=O)c2ccccc2OC)C1. The Morgan fingerprint density at radius 1 is 1.04 bits per heavy atom. The predicted octanol–water partition coefficient (Wildman–Crippen LogP) is 2.51. The number of nitrogens with one attached hydrogen (secondary N) is 1. The molecule has 7 heteroatoms. The highest BCUT2D eigenvalue weighted by Gasteiger charge is 2.27. The molecule has 2 aromatic rings. The van der Waals surface area contributed by atoms with Crippen molar-refractivity contribution in [2.24, 2.45) is 5.92 Å². The second-order valence-electron chi connectivity index (χ2n) is 6.28. The van der Waals surface area contributed by atoms with Gasteiger partial charge in [-0.2, -0.15) is 0 Å². The highest BCUT2D eigenvalue weighted by Crippen LogP contribution is 2.32. The summed E-state index contributed by atoms with van der Waals surface area (Å²) in [7, 11) is -0.474.